The molecule has 0 aliphatic rings. The molecule has 5 nitrogen and oxygen atoms in total. The van der Waals surface area contributed by atoms with Gasteiger partial charge >= 0.3 is 0 Å². The number of nitrogens with zero attached hydrogens (tertiary/aromatic N) is 2. The first-order chi connectivity index (χ1) is 17.3. The summed E-state index contributed by atoms with van der Waals surface area (Å²) in [5, 5.41) is 0. The maximum absolute atomic E-state index is 14.6. The zero-order valence-corrected chi connectivity index (χ0v) is 20.3. The molecule has 2 N–H and O–H groups in total. The van der Waals surface area contributed by atoms with Gasteiger partial charge in [0, 0.05) is 33.4 Å². The smallest absolute Gasteiger partial charge is 0.269 e. The minimum atomic E-state index is -0.706. The summed E-state index contributed by atoms with van der Waals surface area (Å²) >= 11 is 1.57. The molecule has 0 atom stereocenters. The van der Waals surface area contributed by atoms with Gasteiger partial charge in [0.05, 0.1) is 23.8 Å². The molecule has 0 spiro atoms. The molecule has 0 radical (unpaired) electrons. The Hall–Kier alpha value is -4.17. The minimum absolute atomic E-state index is 0.0643. The van der Waals surface area contributed by atoms with Gasteiger partial charge in [-0.05, 0) is 66.6 Å². The highest BCUT2D eigenvalue weighted by molar-refractivity contribution is 7.15. The predicted molar refractivity (Wildman–Crippen MR) is 137 cm³/mol. The van der Waals surface area contributed by atoms with Crippen LogP contribution in [0.5, 0.6) is 5.75 Å². The first-order valence-electron chi connectivity index (χ1n) is 11.1. The molecule has 5 aromatic rings. The average molecular weight is 502 g/mol. The van der Waals surface area contributed by atoms with E-state index >= 15 is 0 Å². The number of para-hydroxylation sites is 1. The van der Waals surface area contributed by atoms with Crippen LogP contribution in [0.1, 0.15) is 26.6 Å². The van der Waals surface area contributed by atoms with Gasteiger partial charge < -0.3 is 10.5 Å². The molecule has 2 heterocycles. The number of amides is 1. The van der Waals surface area contributed by atoms with E-state index in [1.54, 1.807) is 36.6 Å². The summed E-state index contributed by atoms with van der Waals surface area (Å²) in [5.41, 5.74) is 9.63. The molecule has 0 fully saturated rings. The van der Waals surface area contributed by atoms with Crippen LogP contribution in [0.15, 0.2) is 66.7 Å². The van der Waals surface area contributed by atoms with Crippen molar-refractivity contribution in [1.82, 2.24) is 9.97 Å². The Morgan fingerprint density at radius 2 is 1.83 bits per heavy atom. The molecule has 0 aliphatic heterocycles. The normalized spacial score (nSPS) is 11.1. The first-order valence-corrected chi connectivity index (χ1v) is 11.9. The van der Waals surface area contributed by atoms with Crippen molar-refractivity contribution in [2.24, 2.45) is 5.73 Å². The van der Waals surface area contributed by atoms with Gasteiger partial charge in [-0.25, -0.2) is 18.7 Å². The van der Waals surface area contributed by atoms with E-state index in [0.29, 0.717) is 28.7 Å². The van der Waals surface area contributed by atoms with Gasteiger partial charge in [0.2, 0.25) is 0 Å². The van der Waals surface area contributed by atoms with Crippen molar-refractivity contribution >= 4 is 28.3 Å². The van der Waals surface area contributed by atoms with Gasteiger partial charge in [-0.2, -0.15) is 0 Å². The Labute approximate surface area is 210 Å². The lowest BCUT2D eigenvalue weighted by Crippen LogP contribution is -2.17. The molecule has 0 saturated heterocycles. The summed E-state index contributed by atoms with van der Waals surface area (Å²) in [7, 11) is 1.64. The van der Waals surface area contributed by atoms with E-state index in [1.165, 1.54) is 12.1 Å². The molecule has 0 aliphatic carbocycles. The lowest BCUT2D eigenvalue weighted by molar-refractivity contribution is 0.0994. The predicted octanol–water partition coefficient (Wildman–Crippen LogP) is 6.31. The molecule has 36 heavy (non-hydrogen) atoms. The number of hydrogen-bond acceptors (Lipinski definition) is 5. The molecular formula is C28H21F2N3O2S. The standard InChI is InChI=1S/C28H21F2N3O2S/c1-15-12-16(6-10-24(15)35-2)25-11-8-18(36-25)14-23-27(28(31)34)32-22-5-3-4-20(26(22)33-23)19-9-7-17(29)13-21(19)30/h3-13H,14H2,1-2H3,(H2,31,34). The van der Waals surface area contributed by atoms with Crippen molar-refractivity contribution in [3.05, 3.63) is 100 Å². The molecule has 0 bridgehead atoms. The summed E-state index contributed by atoms with van der Waals surface area (Å²) in [4.78, 5) is 23.4. The van der Waals surface area contributed by atoms with E-state index in [9.17, 15) is 13.6 Å². The number of halogens is 2. The van der Waals surface area contributed by atoms with Crippen molar-refractivity contribution in [2.45, 2.75) is 13.3 Å². The number of thiophene rings is 1. The first kappa shape index (κ1) is 23.6. The monoisotopic (exact) mass is 501 g/mol. The molecular weight excluding hydrogens is 480 g/mol. The second-order valence-corrected chi connectivity index (χ2v) is 9.48. The number of aryl methyl sites for hydroxylation is 1. The number of fused-ring (bicyclic) bond motifs is 1. The van der Waals surface area contributed by atoms with Gasteiger partial charge in [-0.15, -0.1) is 11.3 Å². The highest BCUT2D eigenvalue weighted by atomic mass is 32.1. The lowest BCUT2D eigenvalue weighted by Gasteiger charge is -2.11. The molecule has 0 unspecified atom stereocenters. The quantitative estimate of drug-likeness (QED) is 0.296. The maximum Gasteiger partial charge on any atom is 0.269 e. The van der Waals surface area contributed by atoms with Gasteiger partial charge in [-0.1, -0.05) is 12.1 Å². The third kappa shape index (κ3) is 4.43. The van der Waals surface area contributed by atoms with Crippen molar-refractivity contribution in [3.63, 3.8) is 0 Å². The van der Waals surface area contributed by atoms with Crippen molar-refractivity contribution in [2.75, 3.05) is 7.11 Å². The van der Waals surface area contributed by atoms with Crippen LogP contribution >= 0.6 is 11.3 Å². The van der Waals surface area contributed by atoms with Crippen LogP contribution in [0, 0.1) is 18.6 Å². The zero-order chi connectivity index (χ0) is 25.4. The van der Waals surface area contributed by atoms with E-state index in [-0.39, 0.29) is 11.3 Å². The number of nitrogens with two attached hydrogens (primary N) is 1. The fraction of sp³-hybridized carbons (Fsp3) is 0.107. The van der Waals surface area contributed by atoms with Gasteiger partial charge in [0.1, 0.15) is 17.4 Å². The number of hydrogen-bond donors (Lipinski definition) is 1. The Kier molecular flexibility index (Phi) is 6.20. The number of benzene rings is 3. The molecule has 1 amide bonds. The Morgan fingerprint density at radius 3 is 2.56 bits per heavy atom. The van der Waals surface area contributed by atoms with Crippen LogP contribution in [-0.4, -0.2) is 23.0 Å². The maximum atomic E-state index is 14.6. The van der Waals surface area contributed by atoms with E-state index in [1.807, 2.05) is 31.2 Å². The van der Waals surface area contributed by atoms with Crippen molar-refractivity contribution in [1.29, 1.82) is 0 Å². The fourth-order valence-electron chi connectivity index (χ4n) is 4.18. The number of methoxy groups -OCH3 is 1. The second kappa shape index (κ2) is 9.47. The van der Waals surface area contributed by atoms with E-state index in [4.69, 9.17) is 15.5 Å². The third-order valence-corrected chi connectivity index (χ3v) is 7.04. The topological polar surface area (TPSA) is 78.1 Å². The average Bonchev–Trinajstić information content (AvgIpc) is 3.32. The third-order valence-electron chi connectivity index (χ3n) is 5.90. The summed E-state index contributed by atoms with van der Waals surface area (Å²) in [6.45, 7) is 1.99. The van der Waals surface area contributed by atoms with Crippen molar-refractivity contribution in [3.8, 4) is 27.3 Å². The number of rotatable bonds is 6. The number of carbonyl (C=O) groups excluding carboxylic acids is 1. The second-order valence-electron chi connectivity index (χ2n) is 8.31. The van der Waals surface area contributed by atoms with Crippen LogP contribution < -0.4 is 10.5 Å². The molecule has 2 aromatic heterocycles. The molecule has 0 saturated carbocycles. The summed E-state index contributed by atoms with van der Waals surface area (Å²) < 4.78 is 33.4. The van der Waals surface area contributed by atoms with E-state index in [0.717, 1.165) is 32.7 Å². The number of carbonyl (C=O) groups is 1. The Morgan fingerprint density at radius 1 is 1.00 bits per heavy atom. The Balaban J connectivity index is 1.57. The number of primary amides is 1. The summed E-state index contributed by atoms with van der Waals surface area (Å²) in [6, 6.07) is 18.4. The highest BCUT2D eigenvalue weighted by Gasteiger charge is 2.19. The van der Waals surface area contributed by atoms with Crippen LogP contribution in [0.2, 0.25) is 0 Å². The highest BCUT2D eigenvalue weighted by Crippen LogP contribution is 2.34. The van der Waals surface area contributed by atoms with Crippen LogP contribution in [0.4, 0.5) is 8.78 Å². The van der Waals surface area contributed by atoms with Gasteiger partial charge in [0.25, 0.3) is 5.91 Å². The SMILES string of the molecule is COc1ccc(-c2ccc(Cc3nc4c(-c5ccc(F)cc5F)cccc4nc3C(N)=O)s2)cc1C. The van der Waals surface area contributed by atoms with Gasteiger partial charge in [-0.3, -0.25) is 4.79 Å². The fourth-order valence-corrected chi connectivity index (χ4v) is 5.19. The van der Waals surface area contributed by atoms with E-state index < -0.39 is 17.5 Å². The summed E-state index contributed by atoms with van der Waals surface area (Å²) in [5.74, 6) is -1.25. The van der Waals surface area contributed by atoms with Crippen LogP contribution in [0.3, 0.4) is 0 Å². The molecule has 180 valence electrons. The number of aromatic nitrogens is 2. The Bertz CT molecular complexity index is 1630. The minimum Gasteiger partial charge on any atom is -0.496 e. The molecule has 5 rings (SSSR count). The molecule has 3 aromatic carbocycles. The zero-order valence-electron chi connectivity index (χ0n) is 19.5. The lowest BCUT2D eigenvalue weighted by atomic mass is 10.0. The van der Waals surface area contributed by atoms with E-state index in [2.05, 4.69) is 11.1 Å². The summed E-state index contributed by atoms with van der Waals surface area (Å²) in [6.07, 6.45) is 0.321. The number of ether oxygens (including phenoxy) is 1. The largest absolute Gasteiger partial charge is 0.496 e. The van der Waals surface area contributed by atoms with Crippen LogP contribution in [-0.2, 0) is 6.42 Å². The van der Waals surface area contributed by atoms with Crippen LogP contribution in [0.25, 0.3) is 32.6 Å². The van der Waals surface area contributed by atoms with Gasteiger partial charge in [0.15, 0.2) is 5.69 Å². The molecule has 8 heteroatoms. The van der Waals surface area contributed by atoms with Crippen molar-refractivity contribution < 1.29 is 18.3 Å².